The van der Waals surface area contributed by atoms with Crippen LogP contribution < -0.4 is 4.74 Å². The molecule has 0 N–H and O–H groups in total. The average molecular weight is 311 g/mol. The lowest BCUT2D eigenvalue weighted by molar-refractivity contribution is 0.288. The standard InChI is InChI=1S/C16H13Cl2FO/c17-12-4-5-13(14(19)9-12)16(18)11-3-6-15-10(8-11)2-1-7-20-15/h3-6,8-9,16H,1-2,7H2. The van der Waals surface area contributed by atoms with Gasteiger partial charge in [-0.1, -0.05) is 29.8 Å². The maximum absolute atomic E-state index is 13.9. The Morgan fingerprint density at radius 3 is 2.80 bits per heavy atom. The fourth-order valence-electron chi connectivity index (χ4n) is 2.42. The molecule has 0 amide bonds. The molecule has 1 unspecified atom stereocenters. The number of aryl methyl sites for hydroxylation is 1. The van der Waals surface area contributed by atoms with E-state index in [1.54, 1.807) is 12.1 Å². The Kier molecular flexibility index (Phi) is 3.86. The normalized spacial score (nSPS) is 15.3. The van der Waals surface area contributed by atoms with Crippen LogP contribution in [-0.2, 0) is 6.42 Å². The Morgan fingerprint density at radius 1 is 1.15 bits per heavy atom. The minimum absolute atomic E-state index is 0.369. The molecule has 20 heavy (non-hydrogen) atoms. The van der Waals surface area contributed by atoms with Crippen molar-refractivity contribution in [2.45, 2.75) is 18.2 Å². The van der Waals surface area contributed by atoms with Crippen molar-refractivity contribution in [3.63, 3.8) is 0 Å². The van der Waals surface area contributed by atoms with Gasteiger partial charge in [-0.3, -0.25) is 0 Å². The van der Waals surface area contributed by atoms with Crippen LogP contribution in [0.4, 0.5) is 4.39 Å². The molecular formula is C16H13Cl2FO. The molecule has 1 aliphatic rings. The highest BCUT2D eigenvalue weighted by molar-refractivity contribution is 6.30. The molecule has 4 heteroatoms. The summed E-state index contributed by atoms with van der Waals surface area (Å²) in [5.41, 5.74) is 2.44. The lowest BCUT2D eigenvalue weighted by atomic mass is 9.98. The van der Waals surface area contributed by atoms with Crippen LogP contribution >= 0.6 is 23.2 Å². The number of hydrogen-bond acceptors (Lipinski definition) is 1. The zero-order valence-corrected chi connectivity index (χ0v) is 12.2. The van der Waals surface area contributed by atoms with Crippen LogP contribution in [0.1, 0.15) is 28.5 Å². The predicted molar refractivity (Wildman–Crippen MR) is 79.4 cm³/mol. The highest BCUT2D eigenvalue weighted by Crippen LogP contribution is 2.35. The molecule has 1 aliphatic heterocycles. The molecule has 3 rings (SSSR count). The molecule has 0 saturated carbocycles. The van der Waals surface area contributed by atoms with Crippen molar-refractivity contribution in [3.8, 4) is 5.75 Å². The minimum atomic E-state index is -0.528. The first kappa shape index (κ1) is 13.7. The molecule has 2 aromatic rings. The van der Waals surface area contributed by atoms with Crippen molar-refractivity contribution >= 4 is 23.2 Å². The lowest BCUT2D eigenvalue weighted by Crippen LogP contribution is -2.09. The largest absolute Gasteiger partial charge is 0.493 e. The highest BCUT2D eigenvalue weighted by atomic mass is 35.5. The monoisotopic (exact) mass is 310 g/mol. The molecule has 0 saturated heterocycles. The first-order valence-electron chi connectivity index (χ1n) is 6.50. The van der Waals surface area contributed by atoms with Gasteiger partial charge in [0.15, 0.2) is 0 Å². The van der Waals surface area contributed by atoms with Crippen LogP contribution in [0.2, 0.25) is 5.02 Å². The van der Waals surface area contributed by atoms with Crippen molar-refractivity contribution in [1.82, 2.24) is 0 Å². The lowest BCUT2D eigenvalue weighted by Gasteiger charge is -2.19. The molecule has 1 heterocycles. The summed E-state index contributed by atoms with van der Waals surface area (Å²) in [6.07, 6.45) is 1.97. The quantitative estimate of drug-likeness (QED) is 0.698. The number of alkyl halides is 1. The van der Waals surface area contributed by atoms with Gasteiger partial charge in [-0.05, 0) is 42.2 Å². The minimum Gasteiger partial charge on any atom is -0.493 e. The van der Waals surface area contributed by atoms with Crippen LogP contribution in [0.3, 0.4) is 0 Å². The summed E-state index contributed by atoms with van der Waals surface area (Å²) in [6, 6.07) is 10.4. The summed E-state index contributed by atoms with van der Waals surface area (Å²) in [6.45, 7) is 0.752. The summed E-state index contributed by atoms with van der Waals surface area (Å²) in [4.78, 5) is 0. The molecule has 0 aliphatic carbocycles. The van der Waals surface area contributed by atoms with Crippen molar-refractivity contribution in [1.29, 1.82) is 0 Å². The van der Waals surface area contributed by atoms with Gasteiger partial charge >= 0.3 is 0 Å². The third-order valence-corrected chi connectivity index (χ3v) is 4.18. The van der Waals surface area contributed by atoms with E-state index in [0.29, 0.717) is 10.6 Å². The van der Waals surface area contributed by atoms with E-state index in [2.05, 4.69) is 0 Å². The molecule has 1 atom stereocenters. The van der Waals surface area contributed by atoms with E-state index in [1.807, 2.05) is 18.2 Å². The van der Waals surface area contributed by atoms with E-state index in [-0.39, 0.29) is 5.82 Å². The number of hydrogen-bond donors (Lipinski definition) is 0. The van der Waals surface area contributed by atoms with Gasteiger partial charge in [-0.15, -0.1) is 11.6 Å². The van der Waals surface area contributed by atoms with Crippen molar-refractivity contribution in [2.24, 2.45) is 0 Å². The summed E-state index contributed by atoms with van der Waals surface area (Å²) < 4.78 is 19.5. The first-order chi connectivity index (χ1) is 9.65. The molecule has 0 spiro atoms. The summed E-state index contributed by atoms with van der Waals surface area (Å²) in [7, 11) is 0. The Balaban J connectivity index is 1.95. The average Bonchev–Trinajstić information content (AvgIpc) is 2.46. The Hall–Kier alpha value is -1.25. The van der Waals surface area contributed by atoms with E-state index in [4.69, 9.17) is 27.9 Å². The van der Waals surface area contributed by atoms with Gasteiger partial charge < -0.3 is 4.74 Å². The maximum atomic E-state index is 13.9. The van der Waals surface area contributed by atoms with Gasteiger partial charge in [0.25, 0.3) is 0 Å². The van der Waals surface area contributed by atoms with Gasteiger partial charge in [-0.2, -0.15) is 0 Å². The van der Waals surface area contributed by atoms with E-state index in [1.165, 1.54) is 6.07 Å². The first-order valence-corrected chi connectivity index (χ1v) is 7.31. The van der Waals surface area contributed by atoms with Gasteiger partial charge in [0, 0.05) is 10.6 Å². The molecule has 0 bridgehead atoms. The predicted octanol–water partition coefficient (Wildman–Crippen LogP) is 5.13. The molecular weight excluding hydrogens is 298 g/mol. The third-order valence-electron chi connectivity index (χ3n) is 3.46. The third kappa shape index (κ3) is 2.63. The maximum Gasteiger partial charge on any atom is 0.129 e. The summed E-state index contributed by atoms with van der Waals surface area (Å²) >= 11 is 12.2. The zero-order valence-electron chi connectivity index (χ0n) is 10.7. The number of halogens is 3. The molecule has 104 valence electrons. The van der Waals surface area contributed by atoms with Gasteiger partial charge in [-0.25, -0.2) is 4.39 Å². The van der Waals surface area contributed by atoms with Crippen molar-refractivity contribution in [2.75, 3.05) is 6.61 Å². The van der Waals surface area contributed by atoms with Crippen molar-refractivity contribution in [3.05, 3.63) is 63.9 Å². The molecule has 0 fully saturated rings. The van der Waals surface area contributed by atoms with Crippen LogP contribution in [0, 0.1) is 5.82 Å². The van der Waals surface area contributed by atoms with Gasteiger partial charge in [0.1, 0.15) is 11.6 Å². The highest BCUT2D eigenvalue weighted by Gasteiger charge is 2.18. The van der Waals surface area contributed by atoms with Gasteiger partial charge in [0.2, 0.25) is 0 Å². The molecule has 1 nitrogen and oxygen atoms in total. The second-order valence-electron chi connectivity index (χ2n) is 4.85. The number of fused-ring (bicyclic) bond motifs is 1. The Bertz CT molecular complexity index is 642. The number of rotatable bonds is 2. The zero-order chi connectivity index (χ0) is 14.1. The van der Waals surface area contributed by atoms with Crippen LogP contribution in [-0.4, -0.2) is 6.61 Å². The fraction of sp³-hybridized carbons (Fsp3) is 0.250. The van der Waals surface area contributed by atoms with Crippen LogP contribution in [0.15, 0.2) is 36.4 Å². The second kappa shape index (κ2) is 5.63. The van der Waals surface area contributed by atoms with Crippen LogP contribution in [0.25, 0.3) is 0 Å². The topological polar surface area (TPSA) is 9.23 Å². The van der Waals surface area contributed by atoms with E-state index >= 15 is 0 Å². The van der Waals surface area contributed by atoms with Gasteiger partial charge in [0.05, 0.1) is 12.0 Å². The molecule has 0 radical (unpaired) electrons. The van der Waals surface area contributed by atoms with Crippen molar-refractivity contribution < 1.29 is 9.13 Å². The second-order valence-corrected chi connectivity index (χ2v) is 5.72. The SMILES string of the molecule is Fc1cc(Cl)ccc1C(Cl)c1ccc2c(c1)CCCO2. The van der Waals surface area contributed by atoms with E-state index in [9.17, 15) is 4.39 Å². The number of ether oxygens (including phenoxy) is 1. The summed E-state index contributed by atoms with van der Waals surface area (Å²) in [5, 5.41) is -0.159. The number of benzene rings is 2. The van der Waals surface area contributed by atoms with E-state index in [0.717, 1.165) is 36.3 Å². The fourth-order valence-corrected chi connectivity index (χ4v) is 2.90. The van der Waals surface area contributed by atoms with Crippen LogP contribution in [0.5, 0.6) is 5.75 Å². The van der Waals surface area contributed by atoms with E-state index < -0.39 is 5.38 Å². The smallest absolute Gasteiger partial charge is 0.129 e. The Labute approximate surface area is 127 Å². The Morgan fingerprint density at radius 2 is 2.00 bits per heavy atom. The molecule has 0 aromatic heterocycles. The summed E-state index contributed by atoms with van der Waals surface area (Å²) in [5.74, 6) is 0.520. The molecule has 2 aromatic carbocycles.